The number of piperidine rings is 1. The van der Waals surface area contributed by atoms with Gasteiger partial charge < -0.3 is 10.1 Å². The zero-order chi connectivity index (χ0) is 11.7. The normalized spacial score (nSPS) is 41.1. The standard InChI is InChI=1S/C14H26N2O/c1-11(14-10-15-7-9-17-14)16-8-3-5-12-4-2-6-13(12)16/h11-15H,2-10H2,1H3. The number of fused-ring (bicyclic) bond motifs is 1. The van der Waals surface area contributed by atoms with Crippen molar-refractivity contribution in [1.82, 2.24) is 10.2 Å². The number of nitrogens with zero attached hydrogens (tertiary/aromatic N) is 1. The zero-order valence-electron chi connectivity index (χ0n) is 11.0. The summed E-state index contributed by atoms with van der Waals surface area (Å²) in [6, 6.07) is 1.46. The molecule has 0 aromatic heterocycles. The quantitative estimate of drug-likeness (QED) is 0.791. The third-order valence-corrected chi connectivity index (χ3v) is 5.05. The fourth-order valence-electron chi connectivity index (χ4n) is 4.11. The molecular formula is C14H26N2O. The third kappa shape index (κ3) is 2.38. The number of ether oxygens (including phenoxy) is 1. The van der Waals surface area contributed by atoms with Crippen LogP contribution in [0.1, 0.15) is 39.0 Å². The summed E-state index contributed by atoms with van der Waals surface area (Å²) in [7, 11) is 0. The van der Waals surface area contributed by atoms with E-state index < -0.39 is 0 Å². The second-order valence-electron chi connectivity index (χ2n) is 5.99. The number of hydrogen-bond acceptors (Lipinski definition) is 3. The summed E-state index contributed by atoms with van der Waals surface area (Å²) in [5.74, 6) is 0.989. The lowest BCUT2D eigenvalue weighted by atomic mass is 9.90. The molecule has 4 atom stereocenters. The molecule has 2 saturated heterocycles. The molecule has 3 heteroatoms. The van der Waals surface area contributed by atoms with Gasteiger partial charge in [-0.05, 0) is 45.1 Å². The first-order valence-electron chi connectivity index (χ1n) is 7.44. The third-order valence-electron chi connectivity index (χ3n) is 5.05. The number of nitrogens with one attached hydrogen (secondary N) is 1. The number of hydrogen-bond donors (Lipinski definition) is 1. The highest BCUT2D eigenvalue weighted by molar-refractivity contribution is 4.93. The van der Waals surface area contributed by atoms with E-state index in [0.29, 0.717) is 12.1 Å². The van der Waals surface area contributed by atoms with Crippen molar-refractivity contribution in [1.29, 1.82) is 0 Å². The van der Waals surface area contributed by atoms with Crippen LogP contribution in [0.3, 0.4) is 0 Å². The molecule has 17 heavy (non-hydrogen) atoms. The molecule has 3 rings (SSSR count). The van der Waals surface area contributed by atoms with E-state index in [1.807, 2.05) is 0 Å². The van der Waals surface area contributed by atoms with Crippen molar-refractivity contribution in [3.8, 4) is 0 Å². The first kappa shape index (κ1) is 11.9. The summed E-state index contributed by atoms with van der Waals surface area (Å²) in [6.07, 6.45) is 7.61. The van der Waals surface area contributed by atoms with E-state index in [1.54, 1.807) is 0 Å². The molecule has 4 unspecified atom stereocenters. The fraction of sp³-hybridized carbons (Fsp3) is 1.00. The first-order chi connectivity index (χ1) is 8.36. The Morgan fingerprint density at radius 1 is 1.24 bits per heavy atom. The Hall–Kier alpha value is -0.120. The Bertz CT molecular complexity index is 253. The van der Waals surface area contributed by atoms with Crippen LogP contribution in [-0.2, 0) is 4.74 Å². The van der Waals surface area contributed by atoms with E-state index in [1.165, 1.54) is 38.6 Å². The molecule has 3 fully saturated rings. The monoisotopic (exact) mass is 238 g/mol. The molecule has 1 N–H and O–H groups in total. The van der Waals surface area contributed by atoms with Crippen molar-refractivity contribution in [2.45, 2.75) is 57.2 Å². The summed E-state index contributed by atoms with van der Waals surface area (Å²) in [5.41, 5.74) is 0. The molecular weight excluding hydrogens is 212 g/mol. The van der Waals surface area contributed by atoms with Gasteiger partial charge in [-0.1, -0.05) is 6.42 Å². The second-order valence-corrected chi connectivity index (χ2v) is 5.99. The molecule has 1 aliphatic carbocycles. The summed E-state index contributed by atoms with van der Waals surface area (Å²) in [4.78, 5) is 2.76. The largest absolute Gasteiger partial charge is 0.374 e. The minimum absolute atomic E-state index is 0.406. The maximum Gasteiger partial charge on any atom is 0.0852 e. The van der Waals surface area contributed by atoms with Gasteiger partial charge in [0.05, 0.1) is 12.7 Å². The second kappa shape index (κ2) is 5.25. The molecule has 3 aliphatic rings. The lowest BCUT2D eigenvalue weighted by molar-refractivity contribution is -0.0503. The van der Waals surface area contributed by atoms with E-state index in [-0.39, 0.29) is 0 Å². The van der Waals surface area contributed by atoms with E-state index in [9.17, 15) is 0 Å². The lowest BCUT2D eigenvalue weighted by Gasteiger charge is -2.44. The molecule has 0 spiro atoms. The Labute approximate surface area is 105 Å². The van der Waals surface area contributed by atoms with Crippen molar-refractivity contribution in [3.05, 3.63) is 0 Å². The van der Waals surface area contributed by atoms with Crippen molar-refractivity contribution in [3.63, 3.8) is 0 Å². The minimum Gasteiger partial charge on any atom is -0.374 e. The van der Waals surface area contributed by atoms with E-state index in [4.69, 9.17) is 4.74 Å². The smallest absolute Gasteiger partial charge is 0.0852 e. The average molecular weight is 238 g/mol. The summed E-state index contributed by atoms with van der Waals surface area (Å²) < 4.78 is 5.94. The lowest BCUT2D eigenvalue weighted by Crippen LogP contribution is -2.56. The van der Waals surface area contributed by atoms with E-state index in [0.717, 1.165) is 31.7 Å². The van der Waals surface area contributed by atoms with Crippen LogP contribution in [0.4, 0.5) is 0 Å². The maximum absolute atomic E-state index is 5.94. The molecule has 0 aromatic carbocycles. The van der Waals surface area contributed by atoms with Gasteiger partial charge >= 0.3 is 0 Å². The van der Waals surface area contributed by atoms with Crippen LogP contribution in [0.2, 0.25) is 0 Å². The predicted octanol–water partition coefficient (Wildman–Crippen LogP) is 1.63. The van der Waals surface area contributed by atoms with Crippen LogP contribution < -0.4 is 5.32 Å². The molecule has 0 radical (unpaired) electrons. The maximum atomic E-state index is 5.94. The molecule has 3 nitrogen and oxygen atoms in total. The SMILES string of the molecule is CC(C1CNCCO1)N1CCCC2CCCC21. The van der Waals surface area contributed by atoms with Crippen molar-refractivity contribution >= 4 is 0 Å². The van der Waals surface area contributed by atoms with Crippen LogP contribution >= 0.6 is 0 Å². The summed E-state index contributed by atoms with van der Waals surface area (Å²) >= 11 is 0. The molecule has 2 aliphatic heterocycles. The highest BCUT2D eigenvalue weighted by atomic mass is 16.5. The Morgan fingerprint density at radius 2 is 2.12 bits per heavy atom. The molecule has 0 aromatic rings. The molecule has 0 amide bonds. The van der Waals surface area contributed by atoms with Crippen molar-refractivity contribution < 1.29 is 4.74 Å². The minimum atomic E-state index is 0.406. The topological polar surface area (TPSA) is 24.5 Å². The van der Waals surface area contributed by atoms with Gasteiger partial charge in [0, 0.05) is 25.2 Å². The van der Waals surface area contributed by atoms with Gasteiger partial charge in [-0.3, -0.25) is 4.90 Å². The summed E-state index contributed by atoms with van der Waals surface area (Å²) in [6.45, 7) is 6.61. The fourth-order valence-corrected chi connectivity index (χ4v) is 4.11. The van der Waals surface area contributed by atoms with E-state index >= 15 is 0 Å². The van der Waals surface area contributed by atoms with Crippen LogP contribution in [0.25, 0.3) is 0 Å². The molecule has 2 heterocycles. The van der Waals surface area contributed by atoms with Crippen LogP contribution in [-0.4, -0.2) is 49.3 Å². The van der Waals surface area contributed by atoms with Crippen LogP contribution in [0.15, 0.2) is 0 Å². The van der Waals surface area contributed by atoms with Gasteiger partial charge in [0.15, 0.2) is 0 Å². The van der Waals surface area contributed by atoms with E-state index in [2.05, 4.69) is 17.1 Å². The highest BCUT2D eigenvalue weighted by Gasteiger charge is 2.39. The summed E-state index contributed by atoms with van der Waals surface area (Å²) in [5, 5.41) is 3.46. The number of likely N-dealkylation sites (tertiary alicyclic amines) is 1. The number of morpholine rings is 1. The van der Waals surface area contributed by atoms with Gasteiger partial charge in [0.25, 0.3) is 0 Å². The van der Waals surface area contributed by atoms with Gasteiger partial charge in [-0.25, -0.2) is 0 Å². The Morgan fingerprint density at radius 3 is 2.94 bits per heavy atom. The van der Waals surface area contributed by atoms with Gasteiger partial charge in [-0.2, -0.15) is 0 Å². The average Bonchev–Trinajstić information content (AvgIpc) is 2.87. The first-order valence-corrected chi connectivity index (χ1v) is 7.44. The molecule has 1 saturated carbocycles. The zero-order valence-corrected chi connectivity index (χ0v) is 11.0. The van der Waals surface area contributed by atoms with Crippen LogP contribution in [0, 0.1) is 5.92 Å². The number of rotatable bonds is 2. The van der Waals surface area contributed by atoms with Crippen molar-refractivity contribution in [2.24, 2.45) is 5.92 Å². The van der Waals surface area contributed by atoms with Gasteiger partial charge in [-0.15, -0.1) is 0 Å². The van der Waals surface area contributed by atoms with Gasteiger partial charge in [0.1, 0.15) is 0 Å². The Balaban J connectivity index is 1.65. The Kier molecular flexibility index (Phi) is 3.69. The molecule has 0 bridgehead atoms. The van der Waals surface area contributed by atoms with Gasteiger partial charge in [0.2, 0.25) is 0 Å². The highest BCUT2D eigenvalue weighted by Crippen LogP contribution is 2.38. The predicted molar refractivity (Wildman–Crippen MR) is 69.1 cm³/mol. The van der Waals surface area contributed by atoms with Crippen LogP contribution in [0.5, 0.6) is 0 Å². The molecule has 98 valence electrons. The van der Waals surface area contributed by atoms with Crippen molar-refractivity contribution in [2.75, 3.05) is 26.2 Å².